The molecule has 0 saturated carbocycles. The Labute approximate surface area is 145 Å². The highest BCUT2D eigenvalue weighted by Gasteiger charge is 2.16. The van der Waals surface area contributed by atoms with Crippen LogP contribution in [0.4, 0.5) is 0 Å². The van der Waals surface area contributed by atoms with E-state index in [2.05, 4.69) is 18.8 Å². The minimum absolute atomic E-state index is 0.0118. The Morgan fingerprint density at radius 3 is 2.62 bits per heavy atom. The van der Waals surface area contributed by atoms with Crippen LogP contribution in [0.15, 0.2) is 36.4 Å². The Morgan fingerprint density at radius 2 is 2.04 bits per heavy atom. The second-order valence-corrected chi connectivity index (χ2v) is 6.58. The number of nitrogens with zero attached hydrogens (tertiary/aromatic N) is 1. The Balaban J connectivity index is 2.34. The second kappa shape index (κ2) is 7.97. The van der Waals surface area contributed by atoms with E-state index in [1.807, 2.05) is 31.3 Å². The number of thiazole rings is 1. The highest BCUT2D eigenvalue weighted by atomic mass is 32.1. The number of esters is 1. The minimum atomic E-state index is -0.599. The first kappa shape index (κ1) is 18.0. The smallest absolute Gasteiger partial charge is 0.377 e. The van der Waals surface area contributed by atoms with Crippen LogP contribution in [-0.4, -0.2) is 25.2 Å². The molecule has 2 aromatic rings. The molecule has 0 spiro atoms. The van der Waals surface area contributed by atoms with E-state index in [-0.39, 0.29) is 5.76 Å². The molecule has 6 heteroatoms. The number of rotatable bonds is 6. The highest BCUT2D eigenvalue weighted by molar-refractivity contribution is 7.15. The quantitative estimate of drug-likeness (QED) is 0.443. The van der Waals surface area contributed by atoms with Gasteiger partial charge in [0.15, 0.2) is 0 Å². The van der Waals surface area contributed by atoms with Crippen molar-refractivity contribution in [3.8, 4) is 16.3 Å². The predicted octanol–water partition coefficient (Wildman–Crippen LogP) is 4.28. The van der Waals surface area contributed by atoms with Gasteiger partial charge in [0, 0.05) is 16.6 Å². The molecule has 0 fully saturated rings. The lowest BCUT2D eigenvalue weighted by molar-refractivity contribution is -0.138. The monoisotopic (exact) mass is 347 g/mol. The molecule has 0 radical (unpaired) electrons. The summed E-state index contributed by atoms with van der Waals surface area (Å²) in [4.78, 5) is 17.4. The van der Waals surface area contributed by atoms with Gasteiger partial charge in [-0.3, -0.25) is 0 Å². The van der Waals surface area contributed by atoms with Gasteiger partial charge >= 0.3 is 5.97 Å². The van der Waals surface area contributed by atoms with Crippen LogP contribution in [0.1, 0.15) is 30.2 Å². The molecule has 0 atom stereocenters. The van der Waals surface area contributed by atoms with Gasteiger partial charge in [-0.25, -0.2) is 9.78 Å². The van der Waals surface area contributed by atoms with Crippen LogP contribution in [0.3, 0.4) is 0 Å². The molecule has 0 saturated heterocycles. The fourth-order valence-electron chi connectivity index (χ4n) is 1.97. The predicted molar refractivity (Wildman–Crippen MR) is 94.1 cm³/mol. The second-order valence-electron chi connectivity index (χ2n) is 5.51. The zero-order valence-corrected chi connectivity index (χ0v) is 15.3. The lowest BCUT2D eigenvalue weighted by Crippen LogP contribution is -2.11. The van der Waals surface area contributed by atoms with Crippen molar-refractivity contribution in [3.63, 3.8) is 0 Å². The molecule has 0 N–H and O–H groups in total. The van der Waals surface area contributed by atoms with Crippen molar-refractivity contribution in [1.29, 1.82) is 0 Å². The van der Waals surface area contributed by atoms with E-state index in [1.54, 1.807) is 11.3 Å². The molecule has 2 rings (SSSR count). The molecule has 5 nitrogen and oxygen atoms in total. The lowest BCUT2D eigenvalue weighted by Gasteiger charge is -2.11. The number of hydrogen-bond donors (Lipinski definition) is 0. The third-order valence-corrected chi connectivity index (χ3v) is 4.71. The van der Waals surface area contributed by atoms with E-state index >= 15 is 0 Å². The SMILES string of the molecule is CO/C=C(\Oc1cc(-c2ncc(C(C)C)s2)ccc1C)C(=O)OC. The summed E-state index contributed by atoms with van der Waals surface area (Å²) in [5.41, 5.74) is 1.83. The maximum absolute atomic E-state index is 11.7. The van der Waals surface area contributed by atoms with Gasteiger partial charge < -0.3 is 14.2 Å². The third-order valence-electron chi connectivity index (χ3n) is 3.36. The third kappa shape index (κ3) is 4.14. The first-order chi connectivity index (χ1) is 11.5. The molecule has 0 unspecified atom stereocenters. The topological polar surface area (TPSA) is 57.7 Å². The Hall–Kier alpha value is -2.34. The van der Waals surface area contributed by atoms with Crippen LogP contribution in [-0.2, 0) is 14.3 Å². The van der Waals surface area contributed by atoms with Crippen molar-refractivity contribution in [2.24, 2.45) is 0 Å². The van der Waals surface area contributed by atoms with Crippen molar-refractivity contribution in [2.45, 2.75) is 26.7 Å². The number of benzene rings is 1. The fraction of sp³-hybridized carbons (Fsp3) is 0.333. The highest BCUT2D eigenvalue weighted by Crippen LogP contribution is 2.33. The molecule has 1 aromatic heterocycles. The van der Waals surface area contributed by atoms with Gasteiger partial charge in [0.1, 0.15) is 17.0 Å². The summed E-state index contributed by atoms with van der Waals surface area (Å²) >= 11 is 1.65. The minimum Gasteiger partial charge on any atom is -0.500 e. The normalized spacial score (nSPS) is 11.5. The summed E-state index contributed by atoms with van der Waals surface area (Å²) < 4.78 is 15.3. The van der Waals surface area contributed by atoms with Crippen LogP contribution in [0.5, 0.6) is 5.75 Å². The molecule has 24 heavy (non-hydrogen) atoms. The number of hydrogen-bond acceptors (Lipinski definition) is 6. The van der Waals surface area contributed by atoms with Gasteiger partial charge in [-0.15, -0.1) is 11.3 Å². The zero-order chi connectivity index (χ0) is 17.7. The van der Waals surface area contributed by atoms with E-state index < -0.39 is 5.97 Å². The van der Waals surface area contributed by atoms with Gasteiger partial charge in [0.05, 0.1) is 14.2 Å². The molecular weight excluding hydrogens is 326 g/mol. The molecule has 0 amide bonds. The maximum atomic E-state index is 11.7. The zero-order valence-electron chi connectivity index (χ0n) is 14.5. The van der Waals surface area contributed by atoms with Crippen LogP contribution >= 0.6 is 11.3 Å². The van der Waals surface area contributed by atoms with E-state index in [4.69, 9.17) is 14.2 Å². The van der Waals surface area contributed by atoms with E-state index in [1.165, 1.54) is 25.4 Å². The van der Waals surface area contributed by atoms with Gasteiger partial charge in [0.25, 0.3) is 0 Å². The Morgan fingerprint density at radius 1 is 1.29 bits per heavy atom. The van der Waals surface area contributed by atoms with Gasteiger partial charge in [-0.1, -0.05) is 26.0 Å². The molecule has 0 aliphatic rings. The van der Waals surface area contributed by atoms with Crippen LogP contribution in [0, 0.1) is 6.92 Å². The lowest BCUT2D eigenvalue weighted by atomic mass is 10.1. The van der Waals surface area contributed by atoms with Gasteiger partial charge in [0.2, 0.25) is 5.76 Å². The number of ether oxygens (including phenoxy) is 3. The van der Waals surface area contributed by atoms with E-state index in [0.29, 0.717) is 11.7 Å². The van der Waals surface area contributed by atoms with Crippen molar-refractivity contribution in [1.82, 2.24) is 4.98 Å². The summed E-state index contributed by atoms with van der Waals surface area (Å²) in [6.07, 6.45) is 3.12. The summed E-state index contributed by atoms with van der Waals surface area (Å²) in [7, 11) is 2.74. The Bertz CT molecular complexity index is 749. The fourth-order valence-corrected chi connectivity index (χ4v) is 2.88. The Kier molecular flexibility index (Phi) is 5.98. The van der Waals surface area contributed by atoms with Crippen molar-refractivity contribution >= 4 is 17.3 Å². The van der Waals surface area contributed by atoms with Crippen LogP contribution in [0.2, 0.25) is 0 Å². The number of methoxy groups -OCH3 is 2. The molecule has 0 bridgehead atoms. The average Bonchev–Trinajstić information content (AvgIpc) is 3.06. The molecule has 0 aliphatic carbocycles. The van der Waals surface area contributed by atoms with Crippen molar-refractivity contribution < 1.29 is 19.0 Å². The first-order valence-corrected chi connectivity index (χ1v) is 8.33. The maximum Gasteiger partial charge on any atom is 0.377 e. The average molecular weight is 347 g/mol. The summed E-state index contributed by atoms with van der Waals surface area (Å²) in [6, 6.07) is 5.79. The number of aromatic nitrogens is 1. The molecule has 1 heterocycles. The summed E-state index contributed by atoms with van der Waals surface area (Å²) in [5, 5.41) is 0.916. The molecule has 128 valence electrons. The van der Waals surface area contributed by atoms with Crippen LogP contribution in [0.25, 0.3) is 10.6 Å². The van der Waals surface area contributed by atoms with Crippen molar-refractivity contribution in [3.05, 3.63) is 46.9 Å². The largest absolute Gasteiger partial charge is 0.500 e. The van der Waals surface area contributed by atoms with Gasteiger partial charge in [-0.2, -0.15) is 0 Å². The van der Waals surface area contributed by atoms with Crippen LogP contribution < -0.4 is 4.74 Å². The summed E-state index contributed by atoms with van der Waals surface area (Å²) in [6.45, 7) is 6.18. The van der Waals surface area contributed by atoms with E-state index in [9.17, 15) is 4.79 Å². The molecule has 0 aliphatic heterocycles. The van der Waals surface area contributed by atoms with E-state index in [0.717, 1.165) is 16.1 Å². The molecule has 1 aromatic carbocycles. The van der Waals surface area contributed by atoms with Gasteiger partial charge in [-0.05, 0) is 24.5 Å². The molecular formula is C18H21NO4S. The summed E-state index contributed by atoms with van der Waals surface area (Å²) in [5.74, 6) is 0.385. The number of aryl methyl sites for hydroxylation is 1. The number of carbonyl (C=O) groups is 1. The van der Waals surface area contributed by atoms with Crippen molar-refractivity contribution in [2.75, 3.05) is 14.2 Å². The first-order valence-electron chi connectivity index (χ1n) is 7.52. The number of carbonyl (C=O) groups excluding carboxylic acids is 1. The standard InChI is InChI=1S/C18H21NO4S/c1-11(2)16-9-19-17(24-16)13-7-6-12(3)14(8-13)23-15(10-21-4)18(20)22-5/h6-11H,1-5H3/b15-10-.